The van der Waals surface area contributed by atoms with Crippen LogP contribution in [-0.2, 0) is 14.3 Å². The van der Waals surface area contributed by atoms with Gasteiger partial charge >= 0.3 is 0 Å². The zero-order chi connectivity index (χ0) is 16.7. The van der Waals surface area contributed by atoms with Crippen LogP contribution in [0.3, 0.4) is 0 Å². The lowest BCUT2D eigenvalue weighted by atomic mass is 10.3. The van der Waals surface area contributed by atoms with Gasteiger partial charge in [-0.3, -0.25) is 4.18 Å². The summed E-state index contributed by atoms with van der Waals surface area (Å²) in [6.45, 7) is 0.444. The molecule has 23 heavy (non-hydrogen) atoms. The second kappa shape index (κ2) is 8.19. The molecule has 0 atom stereocenters. The van der Waals surface area contributed by atoms with E-state index in [-0.39, 0.29) is 6.61 Å². The average molecular weight is 357 g/mol. The highest BCUT2D eigenvalue weighted by atomic mass is 35.5. The summed E-state index contributed by atoms with van der Waals surface area (Å²) in [5.41, 5.74) is 0. The molecule has 0 saturated heterocycles. The van der Waals surface area contributed by atoms with Crippen molar-refractivity contribution in [1.29, 1.82) is 0 Å². The zero-order valence-electron chi connectivity index (χ0n) is 12.6. The van der Waals surface area contributed by atoms with E-state index in [1.165, 1.54) is 0 Å². The van der Waals surface area contributed by atoms with Crippen molar-refractivity contribution in [2.24, 2.45) is 0 Å². The first-order valence-corrected chi connectivity index (χ1v) is 9.12. The third kappa shape index (κ3) is 6.90. The van der Waals surface area contributed by atoms with Crippen molar-refractivity contribution in [2.45, 2.75) is 6.42 Å². The fourth-order valence-electron chi connectivity index (χ4n) is 1.73. The Kier molecular flexibility index (Phi) is 6.27. The topological polar surface area (TPSA) is 61.8 Å². The Morgan fingerprint density at radius 3 is 2.35 bits per heavy atom. The lowest BCUT2D eigenvalue weighted by Gasteiger charge is -2.09. The van der Waals surface area contributed by atoms with E-state index in [0.717, 1.165) is 6.26 Å². The SMILES string of the molecule is CS(=O)(=O)OCCCOc1cccc(Oc2ccc(Cl)cc2)c1. The molecule has 2 rings (SSSR count). The molecule has 5 nitrogen and oxygen atoms in total. The van der Waals surface area contributed by atoms with E-state index >= 15 is 0 Å². The first-order chi connectivity index (χ1) is 10.9. The number of rotatable bonds is 8. The largest absolute Gasteiger partial charge is 0.493 e. The van der Waals surface area contributed by atoms with Gasteiger partial charge in [0.15, 0.2) is 0 Å². The lowest BCUT2D eigenvalue weighted by Crippen LogP contribution is -2.07. The molecule has 0 aliphatic rings. The summed E-state index contributed by atoms with van der Waals surface area (Å²) >= 11 is 5.83. The Bertz CT molecular complexity index is 728. The van der Waals surface area contributed by atoms with E-state index in [9.17, 15) is 8.42 Å². The summed E-state index contributed by atoms with van der Waals surface area (Å²) < 4.78 is 37.5. The number of hydrogen-bond donors (Lipinski definition) is 0. The summed E-state index contributed by atoms with van der Waals surface area (Å²) in [7, 11) is -3.40. The number of halogens is 1. The van der Waals surface area contributed by atoms with Crippen LogP contribution in [-0.4, -0.2) is 27.9 Å². The van der Waals surface area contributed by atoms with Gasteiger partial charge in [0.1, 0.15) is 17.2 Å². The molecule has 0 aliphatic carbocycles. The fourth-order valence-corrected chi connectivity index (χ4v) is 2.27. The minimum absolute atomic E-state index is 0.0970. The molecule has 0 radical (unpaired) electrons. The standard InChI is InChI=1S/C16H17ClO5S/c1-23(18,19)21-11-3-10-20-15-4-2-5-16(12-15)22-14-8-6-13(17)7-9-14/h2,4-9,12H,3,10-11H2,1H3. The maximum absolute atomic E-state index is 10.8. The maximum Gasteiger partial charge on any atom is 0.264 e. The molecule has 0 aliphatic heterocycles. The highest BCUT2D eigenvalue weighted by Gasteiger charge is 2.03. The first kappa shape index (κ1) is 17.6. The van der Waals surface area contributed by atoms with E-state index in [1.54, 1.807) is 36.4 Å². The summed E-state index contributed by atoms with van der Waals surface area (Å²) in [5, 5.41) is 0.644. The van der Waals surface area contributed by atoms with Crippen molar-refractivity contribution in [1.82, 2.24) is 0 Å². The lowest BCUT2D eigenvalue weighted by molar-refractivity contribution is 0.251. The van der Waals surface area contributed by atoms with Crippen LogP contribution in [0.15, 0.2) is 48.5 Å². The molecule has 0 heterocycles. The average Bonchev–Trinajstić information content (AvgIpc) is 2.49. The van der Waals surface area contributed by atoms with Crippen molar-refractivity contribution < 1.29 is 22.1 Å². The quantitative estimate of drug-likeness (QED) is 0.530. The molecule has 0 fully saturated rings. The van der Waals surface area contributed by atoms with Gasteiger partial charge in [0.25, 0.3) is 10.1 Å². The molecule has 0 N–H and O–H groups in total. The molecule has 0 unspecified atom stereocenters. The van der Waals surface area contributed by atoms with Gasteiger partial charge in [-0.25, -0.2) is 0 Å². The van der Waals surface area contributed by atoms with E-state index in [0.29, 0.717) is 35.3 Å². The van der Waals surface area contributed by atoms with Crippen LogP contribution in [0.5, 0.6) is 17.2 Å². The number of ether oxygens (including phenoxy) is 2. The van der Waals surface area contributed by atoms with Crippen LogP contribution in [0, 0.1) is 0 Å². The summed E-state index contributed by atoms with van der Waals surface area (Å²) in [6.07, 6.45) is 1.49. The molecular weight excluding hydrogens is 340 g/mol. The molecule has 0 amide bonds. The molecule has 0 saturated carbocycles. The van der Waals surface area contributed by atoms with E-state index in [4.69, 9.17) is 21.1 Å². The van der Waals surface area contributed by atoms with Gasteiger partial charge in [-0.2, -0.15) is 8.42 Å². The van der Waals surface area contributed by atoms with Gasteiger partial charge in [-0.1, -0.05) is 17.7 Å². The van der Waals surface area contributed by atoms with Gasteiger partial charge in [-0.05, 0) is 36.4 Å². The van der Waals surface area contributed by atoms with Crippen LogP contribution < -0.4 is 9.47 Å². The molecule has 2 aromatic carbocycles. The van der Waals surface area contributed by atoms with Crippen molar-refractivity contribution >= 4 is 21.7 Å². The number of benzene rings is 2. The smallest absolute Gasteiger partial charge is 0.264 e. The zero-order valence-corrected chi connectivity index (χ0v) is 14.1. The van der Waals surface area contributed by atoms with Crippen LogP contribution in [0.1, 0.15) is 6.42 Å². The molecule has 0 bridgehead atoms. The normalized spacial score (nSPS) is 11.2. The maximum atomic E-state index is 10.8. The third-order valence-corrected chi connectivity index (χ3v) is 3.56. The van der Waals surface area contributed by atoms with Gasteiger partial charge in [-0.15, -0.1) is 0 Å². The number of hydrogen-bond acceptors (Lipinski definition) is 5. The second-order valence-corrected chi connectivity index (χ2v) is 6.84. The summed E-state index contributed by atoms with van der Waals surface area (Å²) in [6, 6.07) is 14.2. The minimum atomic E-state index is -3.40. The highest BCUT2D eigenvalue weighted by Crippen LogP contribution is 2.26. The van der Waals surface area contributed by atoms with E-state index in [1.807, 2.05) is 12.1 Å². The van der Waals surface area contributed by atoms with Crippen LogP contribution in [0.2, 0.25) is 5.02 Å². The van der Waals surface area contributed by atoms with Crippen molar-refractivity contribution in [3.05, 3.63) is 53.6 Å². The predicted octanol–water partition coefficient (Wildman–Crippen LogP) is 3.88. The van der Waals surface area contributed by atoms with Crippen LogP contribution >= 0.6 is 11.6 Å². The van der Waals surface area contributed by atoms with Gasteiger partial charge in [0.05, 0.1) is 19.5 Å². The Morgan fingerprint density at radius 2 is 1.65 bits per heavy atom. The Balaban J connectivity index is 1.83. The molecule has 124 valence electrons. The van der Waals surface area contributed by atoms with Gasteiger partial charge in [0, 0.05) is 17.5 Å². The molecule has 0 aromatic heterocycles. The molecule has 0 spiro atoms. The Labute approximate surface area is 140 Å². The summed E-state index contributed by atoms with van der Waals surface area (Å²) in [5.74, 6) is 1.95. The van der Waals surface area contributed by atoms with Crippen molar-refractivity contribution in [3.8, 4) is 17.2 Å². The Hall–Kier alpha value is -1.76. The van der Waals surface area contributed by atoms with Crippen molar-refractivity contribution in [2.75, 3.05) is 19.5 Å². The highest BCUT2D eigenvalue weighted by molar-refractivity contribution is 7.85. The molecule has 2 aromatic rings. The minimum Gasteiger partial charge on any atom is -0.493 e. The van der Waals surface area contributed by atoms with E-state index in [2.05, 4.69) is 4.18 Å². The molecular formula is C16H17ClO5S. The monoisotopic (exact) mass is 356 g/mol. The van der Waals surface area contributed by atoms with Crippen molar-refractivity contribution in [3.63, 3.8) is 0 Å². The van der Waals surface area contributed by atoms with E-state index < -0.39 is 10.1 Å². The predicted molar refractivity (Wildman–Crippen MR) is 88.9 cm³/mol. The summed E-state index contributed by atoms with van der Waals surface area (Å²) in [4.78, 5) is 0. The molecule has 7 heteroatoms. The van der Waals surface area contributed by atoms with Crippen LogP contribution in [0.25, 0.3) is 0 Å². The third-order valence-electron chi connectivity index (χ3n) is 2.71. The Morgan fingerprint density at radius 1 is 0.957 bits per heavy atom. The van der Waals surface area contributed by atoms with Crippen LogP contribution in [0.4, 0.5) is 0 Å². The first-order valence-electron chi connectivity index (χ1n) is 6.93. The van der Waals surface area contributed by atoms with Gasteiger partial charge < -0.3 is 9.47 Å². The van der Waals surface area contributed by atoms with Gasteiger partial charge in [0.2, 0.25) is 0 Å². The fraction of sp³-hybridized carbons (Fsp3) is 0.250. The second-order valence-electron chi connectivity index (χ2n) is 4.76.